The van der Waals surface area contributed by atoms with Gasteiger partial charge in [-0.3, -0.25) is 4.79 Å². The fraction of sp³-hybridized carbons (Fsp3) is 0.333. The Morgan fingerprint density at radius 3 is 3.05 bits per heavy atom. The fourth-order valence-corrected chi connectivity index (χ4v) is 4.79. The summed E-state index contributed by atoms with van der Waals surface area (Å²) in [7, 11) is 0. The van der Waals surface area contributed by atoms with Gasteiger partial charge in [-0.15, -0.1) is 23.1 Å². The zero-order valence-electron chi connectivity index (χ0n) is 11.9. The lowest BCUT2D eigenvalue weighted by molar-refractivity contribution is -0.120. The number of carboxylic acids is 1. The second-order valence-electron chi connectivity index (χ2n) is 5.01. The molecule has 1 aliphatic heterocycles. The van der Waals surface area contributed by atoms with Crippen molar-refractivity contribution < 1.29 is 19.1 Å². The first-order valence-corrected chi connectivity index (χ1v) is 8.77. The van der Waals surface area contributed by atoms with Gasteiger partial charge >= 0.3 is 5.97 Å². The molecule has 3 heterocycles. The van der Waals surface area contributed by atoms with Gasteiger partial charge in [0.05, 0.1) is 6.54 Å². The van der Waals surface area contributed by atoms with Crippen LogP contribution in [-0.2, 0) is 17.8 Å². The van der Waals surface area contributed by atoms with Crippen LogP contribution >= 0.6 is 23.1 Å². The molecular formula is C15H15NO4S2. The van der Waals surface area contributed by atoms with E-state index in [2.05, 4.69) is 5.32 Å². The van der Waals surface area contributed by atoms with Crippen molar-refractivity contribution in [1.82, 2.24) is 5.32 Å². The SMILES string of the molecule is Cc1oc(CNC(=O)[C@H]2SCCc3sccc32)cc1C(=O)O. The molecule has 0 bridgehead atoms. The third-order valence-electron chi connectivity index (χ3n) is 3.55. The maximum Gasteiger partial charge on any atom is 0.339 e. The Morgan fingerprint density at radius 2 is 2.32 bits per heavy atom. The molecule has 2 aromatic rings. The Kier molecular flexibility index (Phi) is 4.26. The Labute approximate surface area is 135 Å². The zero-order valence-corrected chi connectivity index (χ0v) is 13.6. The van der Waals surface area contributed by atoms with Crippen molar-refractivity contribution >= 4 is 35.0 Å². The summed E-state index contributed by atoms with van der Waals surface area (Å²) < 4.78 is 5.37. The maximum absolute atomic E-state index is 12.4. The second-order valence-corrected chi connectivity index (χ2v) is 7.22. The van der Waals surface area contributed by atoms with Gasteiger partial charge in [0, 0.05) is 4.88 Å². The van der Waals surface area contributed by atoms with Crippen LogP contribution in [-0.4, -0.2) is 22.7 Å². The van der Waals surface area contributed by atoms with Crippen molar-refractivity contribution in [2.75, 3.05) is 5.75 Å². The van der Waals surface area contributed by atoms with Crippen molar-refractivity contribution in [1.29, 1.82) is 0 Å². The van der Waals surface area contributed by atoms with E-state index in [0.29, 0.717) is 11.5 Å². The molecule has 1 amide bonds. The number of aromatic carboxylic acids is 1. The lowest BCUT2D eigenvalue weighted by atomic mass is 10.1. The van der Waals surface area contributed by atoms with Gasteiger partial charge in [0.15, 0.2) is 0 Å². The molecule has 0 spiro atoms. The van der Waals surface area contributed by atoms with Crippen LogP contribution in [0.25, 0.3) is 0 Å². The van der Waals surface area contributed by atoms with Gasteiger partial charge in [-0.2, -0.15) is 0 Å². The number of aryl methyl sites for hydroxylation is 2. The van der Waals surface area contributed by atoms with Crippen molar-refractivity contribution in [2.24, 2.45) is 0 Å². The van der Waals surface area contributed by atoms with Crippen molar-refractivity contribution in [2.45, 2.75) is 25.1 Å². The first-order valence-electron chi connectivity index (χ1n) is 6.84. The number of rotatable bonds is 4. The molecule has 1 atom stereocenters. The molecule has 0 unspecified atom stereocenters. The minimum atomic E-state index is -1.02. The predicted octanol–water partition coefficient (Wildman–Crippen LogP) is 2.99. The minimum absolute atomic E-state index is 0.0599. The standard InChI is InChI=1S/C15H15NO4S2/c1-8-11(15(18)19)6-9(20-8)7-16-14(17)13-10-2-4-21-12(10)3-5-22-13/h2,4,6,13H,3,5,7H2,1H3,(H,16,17)(H,18,19)/t13-/m0/s1. The summed E-state index contributed by atoms with van der Waals surface area (Å²) in [5.41, 5.74) is 1.23. The monoisotopic (exact) mass is 337 g/mol. The van der Waals surface area contributed by atoms with Gasteiger partial charge in [-0.1, -0.05) is 0 Å². The lowest BCUT2D eigenvalue weighted by Gasteiger charge is -2.21. The molecule has 0 radical (unpaired) electrons. The van der Waals surface area contributed by atoms with Crippen LogP contribution in [0.4, 0.5) is 0 Å². The highest BCUT2D eigenvalue weighted by Gasteiger charge is 2.28. The summed E-state index contributed by atoms with van der Waals surface area (Å²) in [6.45, 7) is 1.80. The Hall–Kier alpha value is -1.73. The largest absolute Gasteiger partial charge is 0.478 e. The second kappa shape index (κ2) is 6.18. The number of thiophene rings is 1. The highest BCUT2D eigenvalue weighted by Crippen LogP contribution is 2.39. The smallest absolute Gasteiger partial charge is 0.339 e. The summed E-state index contributed by atoms with van der Waals surface area (Å²) in [4.78, 5) is 24.6. The molecule has 2 aromatic heterocycles. The molecule has 0 saturated carbocycles. The molecule has 2 N–H and O–H groups in total. The average Bonchev–Trinajstić information content (AvgIpc) is 3.10. The number of amides is 1. The molecule has 1 aliphatic rings. The molecule has 0 aromatic carbocycles. The number of carbonyl (C=O) groups excluding carboxylic acids is 1. The normalized spacial score (nSPS) is 17.0. The van der Waals surface area contributed by atoms with E-state index in [0.717, 1.165) is 17.7 Å². The van der Waals surface area contributed by atoms with E-state index in [1.54, 1.807) is 30.0 Å². The van der Waals surface area contributed by atoms with E-state index in [1.807, 2.05) is 11.4 Å². The summed E-state index contributed by atoms with van der Waals surface area (Å²) >= 11 is 3.33. The number of thioether (sulfide) groups is 1. The van der Waals surface area contributed by atoms with Crippen LogP contribution in [0, 0.1) is 6.92 Å². The van der Waals surface area contributed by atoms with Gasteiger partial charge in [0.2, 0.25) is 5.91 Å². The van der Waals surface area contributed by atoms with E-state index in [4.69, 9.17) is 9.52 Å². The molecule has 7 heteroatoms. The predicted molar refractivity (Wildman–Crippen MR) is 85.5 cm³/mol. The van der Waals surface area contributed by atoms with Crippen LogP contribution in [0.15, 0.2) is 21.9 Å². The minimum Gasteiger partial charge on any atom is -0.478 e. The zero-order chi connectivity index (χ0) is 15.7. The highest BCUT2D eigenvalue weighted by atomic mass is 32.2. The van der Waals surface area contributed by atoms with Gasteiger partial charge in [0.25, 0.3) is 0 Å². The van der Waals surface area contributed by atoms with Gasteiger partial charge < -0.3 is 14.8 Å². The Balaban J connectivity index is 1.66. The van der Waals surface area contributed by atoms with Crippen LogP contribution in [0.3, 0.4) is 0 Å². The van der Waals surface area contributed by atoms with Crippen LogP contribution in [0.1, 0.15) is 37.6 Å². The molecule has 5 nitrogen and oxygen atoms in total. The Bertz CT molecular complexity index is 719. The summed E-state index contributed by atoms with van der Waals surface area (Å²) in [5, 5.41) is 13.7. The van der Waals surface area contributed by atoms with Crippen LogP contribution in [0.5, 0.6) is 0 Å². The summed E-state index contributed by atoms with van der Waals surface area (Å²) in [6, 6.07) is 3.47. The topological polar surface area (TPSA) is 79.5 Å². The summed E-state index contributed by atoms with van der Waals surface area (Å²) in [5.74, 6) is 0.660. The molecular weight excluding hydrogens is 322 g/mol. The third kappa shape index (κ3) is 2.91. The van der Waals surface area contributed by atoms with Crippen LogP contribution in [0.2, 0.25) is 0 Å². The quantitative estimate of drug-likeness (QED) is 0.896. The number of nitrogens with one attached hydrogen (secondary N) is 1. The number of hydrogen-bond acceptors (Lipinski definition) is 5. The van der Waals surface area contributed by atoms with Gasteiger partial charge in [0.1, 0.15) is 22.3 Å². The number of fused-ring (bicyclic) bond motifs is 1. The lowest BCUT2D eigenvalue weighted by Crippen LogP contribution is -2.29. The van der Waals surface area contributed by atoms with Crippen molar-refractivity contribution in [3.05, 3.63) is 45.0 Å². The van der Waals surface area contributed by atoms with E-state index >= 15 is 0 Å². The van der Waals surface area contributed by atoms with E-state index < -0.39 is 5.97 Å². The maximum atomic E-state index is 12.4. The molecule has 0 aliphatic carbocycles. The Morgan fingerprint density at radius 1 is 1.50 bits per heavy atom. The highest BCUT2D eigenvalue weighted by molar-refractivity contribution is 8.00. The fourth-order valence-electron chi connectivity index (χ4n) is 2.47. The molecule has 3 rings (SSSR count). The van der Waals surface area contributed by atoms with E-state index in [1.165, 1.54) is 10.9 Å². The molecule has 0 fully saturated rings. The third-order valence-corrected chi connectivity index (χ3v) is 5.79. The van der Waals surface area contributed by atoms with Crippen LogP contribution < -0.4 is 5.32 Å². The first-order chi connectivity index (χ1) is 10.6. The molecule has 22 heavy (non-hydrogen) atoms. The van der Waals surface area contributed by atoms with Gasteiger partial charge in [-0.25, -0.2) is 4.79 Å². The van der Waals surface area contributed by atoms with Crippen molar-refractivity contribution in [3.8, 4) is 0 Å². The molecule has 0 saturated heterocycles. The average molecular weight is 337 g/mol. The number of carbonyl (C=O) groups is 2. The number of carboxylic acid groups (broad SMARTS) is 1. The molecule has 116 valence electrons. The van der Waals surface area contributed by atoms with E-state index in [9.17, 15) is 9.59 Å². The van der Waals surface area contributed by atoms with E-state index in [-0.39, 0.29) is 23.3 Å². The first kappa shape index (κ1) is 15.2. The summed E-state index contributed by atoms with van der Waals surface area (Å²) in [6.07, 6.45) is 1.01. The van der Waals surface area contributed by atoms with Crippen molar-refractivity contribution in [3.63, 3.8) is 0 Å². The van der Waals surface area contributed by atoms with Gasteiger partial charge in [-0.05, 0) is 42.2 Å². The number of furan rings is 1. The number of hydrogen-bond donors (Lipinski definition) is 2.